The number of carbonyl (C=O) groups excluding carboxylic acids is 1. The van der Waals surface area contributed by atoms with Crippen LogP contribution in [0.4, 0.5) is 0 Å². The van der Waals surface area contributed by atoms with Crippen molar-refractivity contribution < 1.29 is 9.53 Å². The fraction of sp³-hybridized carbons (Fsp3) is 0.250. The predicted molar refractivity (Wildman–Crippen MR) is 92.0 cm³/mol. The average molecular weight is 319 g/mol. The Bertz CT molecular complexity index is 567. The summed E-state index contributed by atoms with van der Waals surface area (Å²) in [6, 6.07) is 9.97. The molecule has 0 radical (unpaired) electrons. The Morgan fingerprint density at radius 1 is 1.33 bits per heavy atom. The van der Waals surface area contributed by atoms with E-state index < -0.39 is 0 Å². The van der Waals surface area contributed by atoms with Crippen molar-refractivity contribution in [2.45, 2.75) is 6.42 Å². The molecule has 0 saturated carbocycles. The van der Waals surface area contributed by atoms with Crippen LogP contribution in [0.3, 0.4) is 0 Å². The average Bonchev–Trinajstić information content (AvgIpc) is 2.76. The minimum atomic E-state index is -0.0150. The molecule has 1 saturated heterocycles. The number of benzene rings is 1. The number of methoxy groups -OCH3 is 1. The van der Waals surface area contributed by atoms with Crippen molar-refractivity contribution >= 4 is 40.3 Å². The normalized spacial score (nSPS) is 17.4. The van der Waals surface area contributed by atoms with Gasteiger partial charge in [-0.3, -0.25) is 9.69 Å². The van der Waals surface area contributed by atoms with Gasteiger partial charge in [-0.1, -0.05) is 66.5 Å². The number of nitrogens with zero attached hydrogens (tertiary/aromatic N) is 1. The first-order valence-electron chi connectivity index (χ1n) is 6.68. The number of rotatable bonds is 6. The summed E-state index contributed by atoms with van der Waals surface area (Å²) in [5.41, 5.74) is 1.10. The third-order valence-corrected chi connectivity index (χ3v) is 4.34. The summed E-state index contributed by atoms with van der Waals surface area (Å²) in [7, 11) is 1.65. The zero-order valence-corrected chi connectivity index (χ0v) is 13.5. The molecular formula is C16H17NO2S2. The minimum absolute atomic E-state index is 0.0150. The molecule has 0 atom stereocenters. The van der Waals surface area contributed by atoms with E-state index in [1.54, 1.807) is 12.0 Å². The molecule has 110 valence electrons. The molecule has 0 aromatic heterocycles. The van der Waals surface area contributed by atoms with E-state index in [-0.39, 0.29) is 5.91 Å². The maximum Gasteiger partial charge on any atom is 0.266 e. The van der Waals surface area contributed by atoms with Gasteiger partial charge in [0.25, 0.3) is 5.91 Å². The molecule has 1 amide bonds. The summed E-state index contributed by atoms with van der Waals surface area (Å²) in [6.45, 7) is 1.24. The van der Waals surface area contributed by atoms with Gasteiger partial charge in [-0.05, 0) is 18.1 Å². The van der Waals surface area contributed by atoms with Crippen molar-refractivity contribution in [3.8, 4) is 0 Å². The molecule has 5 heteroatoms. The minimum Gasteiger partial charge on any atom is -0.385 e. The van der Waals surface area contributed by atoms with Gasteiger partial charge in [0.1, 0.15) is 4.32 Å². The molecule has 1 aliphatic heterocycles. The molecule has 0 unspecified atom stereocenters. The smallest absolute Gasteiger partial charge is 0.266 e. The molecule has 1 heterocycles. The molecular weight excluding hydrogens is 302 g/mol. The van der Waals surface area contributed by atoms with Crippen molar-refractivity contribution in [1.29, 1.82) is 0 Å². The predicted octanol–water partition coefficient (Wildman–Crippen LogP) is 3.48. The maximum atomic E-state index is 12.2. The molecule has 0 spiro atoms. The summed E-state index contributed by atoms with van der Waals surface area (Å²) < 4.78 is 5.62. The largest absolute Gasteiger partial charge is 0.385 e. The summed E-state index contributed by atoms with van der Waals surface area (Å²) in [5.74, 6) is -0.0150. The van der Waals surface area contributed by atoms with Crippen LogP contribution in [0, 0.1) is 0 Å². The lowest BCUT2D eigenvalue weighted by Crippen LogP contribution is -2.29. The second-order valence-electron chi connectivity index (χ2n) is 4.47. The van der Waals surface area contributed by atoms with Crippen LogP contribution in [0.2, 0.25) is 0 Å². The van der Waals surface area contributed by atoms with Gasteiger partial charge in [0.15, 0.2) is 0 Å². The van der Waals surface area contributed by atoms with Gasteiger partial charge in [-0.2, -0.15) is 0 Å². The van der Waals surface area contributed by atoms with E-state index in [1.807, 2.05) is 48.6 Å². The molecule has 1 fully saturated rings. The van der Waals surface area contributed by atoms with E-state index in [4.69, 9.17) is 17.0 Å². The Labute approximate surface area is 134 Å². The maximum absolute atomic E-state index is 12.2. The number of thiocarbonyl (C=S) groups is 1. The van der Waals surface area contributed by atoms with Gasteiger partial charge in [-0.15, -0.1) is 0 Å². The first-order chi connectivity index (χ1) is 10.2. The van der Waals surface area contributed by atoms with E-state index in [9.17, 15) is 4.79 Å². The van der Waals surface area contributed by atoms with Gasteiger partial charge < -0.3 is 4.74 Å². The zero-order valence-electron chi connectivity index (χ0n) is 11.8. The molecule has 0 aliphatic carbocycles. The van der Waals surface area contributed by atoms with E-state index in [2.05, 4.69) is 0 Å². The number of hydrogen-bond acceptors (Lipinski definition) is 4. The number of ether oxygens (including phenoxy) is 1. The lowest BCUT2D eigenvalue weighted by molar-refractivity contribution is -0.122. The summed E-state index contributed by atoms with van der Waals surface area (Å²) in [4.78, 5) is 14.5. The number of amides is 1. The van der Waals surface area contributed by atoms with E-state index in [0.717, 1.165) is 12.0 Å². The quantitative estimate of drug-likeness (QED) is 0.456. The molecule has 1 aromatic rings. The van der Waals surface area contributed by atoms with Crippen LogP contribution >= 0.6 is 24.0 Å². The monoisotopic (exact) mass is 319 g/mol. The molecule has 3 nitrogen and oxygen atoms in total. The van der Waals surface area contributed by atoms with Gasteiger partial charge in [0.2, 0.25) is 0 Å². The van der Waals surface area contributed by atoms with Crippen molar-refractivity contribution in [2.24, 2.45) is 0 Å². The van der Waals surface area contributed by atoms with E-state index in [0.29, 0.717) is 22.4 Å². The second kappa shape index (κ2) is 8.12. The van der Waals surface area contributed by atoms with Gasteiger partial charge in [0.05, 0.1) is 4.91 Å². The fourth-order valence-electron chi connectivity index (χ4n) is 1.88. The van der Waals surface area contributed by atoms with Crippen molar-refractivity contribution in [1.82, 2.24) is 4.90 Å². The third kappa shape index (κ3) is 4.52. The molecule has 0 bridgehead atoms. The SMILES string of the molecule is COCCCN1C(=O)/C(=C/C=C/c2ccccc2)SC1=S. The van der Waals surface area contributed by atoms with Crippen molar-refractivity contribution in [2.75, 3.05) is 20.3 Å². The summed E-state index contributed by atoms with van der Waals surface area (Å²) in [6.07, 6.45) is 6.47. The highest BCUT2D eigenvalue weighted by molar-refractivity contribution is 8.26. The number of thioether (sulfide) groups is 1. The Morgan fingerprint density at radius 2 is 2.10 bits per heavy atom. The molecule has 1 aromatic carbocycles. The highest BCUT2D eigenvalue weighted by Crippen LogP contribution is 2.31. The van der Waals surface area contributed by atoms with Crippen molar-refractivity contribution in [3.05, 3.63) is 53.0 Å². The second-order valence-corrected chi connectivity index (χ2v) is 6.15. The summed E-state index contributed by atoms with van der Waals surface area (Å²) >= 11 is 6.60. The van der Waals surface area contributed by atoms with Crippen LogP contribution in [-0.2, 0) is 9.53 Å². The molecule has 21 heavy (non-hydrogen) atoms. The summed E-state index contributed by atoms with van der Waals surface area (Å²) in [5, 5.41) is 0. The van der Waals surface area contributed by atoms with Crippen LogP contribution in [0.1, 0.15) is 12.0 Å². The number of allylic oxidation sites excluding steroid dienone is 2. The number of hydrogen-bond donors (Lipinski definition) is 0. The van der Waals surface area contributed by atoms with Crippen LogP contribution < -0.4 is 0 Å². The molecule has 1 aliphatic rings. The highest BCUT2D eigenvalue weighted by atomic mass is 32.2. The third-order valence-electron chi connectivity index (χ3n) is 2.94. The number of carbonyl (C=O) groups is 1. The van der Waals surface area contributed by atoms with Gasteiger partial charge in [-0.25, -0.2) is 0 Å². The lowest BCUT2D eigenvalue weighted by Gasteiger charge is -2.13. The van der Waals surface area contributed by atoms with Crippen LogP contribution in [0.25, 0.3) is 6.08 Å². The topological polar surface area (TPSA) is 29.5 Å². The standard InChI is InChI=1S/C16H17NO2S2/c1-19-12-6-11-17-15(18)14(21-16(17)20)10-5-9-13-7-3-2-4-8-13/h2-5,7-10H,6,11-12H2,1H3/b9-5+,14-10-. The van der Waals surface area contributed by atoms with Crippen LogP contribution in [-0.4, -0.2) is 35.4 Å². The van der Waals surface area contributed by atoms with E-state index >= 15 is 0 Å². The Morgan fingerprint density at radius 3 is 2.81 bits per heavy atom. The van der Waals surface area contributed by atoms with Gasteiger partial charge >= 0.3 is 0 Å². The first-order valence-corrected chi connectivity index (χ1v) is 7.91. The first kappa shape index (κ1) is 15.9. The van der Waals surface area contributed by atoms with Crippen molar-refractivity contribution in [3.63, 3.8) is 0 Å². The highest BCUT2D eigenvalue weighted by Gasteiger charge is 2.30. The Hall–Kier alpha value is -1.43. The lowest BCUT2D eigenvalue weighted by atomic mass is 10.2. The zero-order chi connectivity index (χ0) is 15.1. The fourth-order valence-corrected chi connectivity index (χ4v) is 3.14. The Kier molecular flexibility index (Phi) is 6.17. The van der Waals surface area contributed by atoms with E-state index in [1.165, 1.54) is 11.8 Å². The molecule has 2 rings (SSSR count). The Balaban J connectivity index is 1.98. The van der Waals surface area contributed by atoms with Crippen LogP contribution in [0.15, 0.2) is 47.4 Å². The van der Waals surface area contributed by atoms with Gasteiger partial charge in [0, 0.05) is 20.3 Å². The van der Waals surface area contributed by atoms with Crippen LogP contribution in [0.5, 0.6) is 0 Å². The molecule has 0 N–H and O–H groups in total.